The van der Waals surface area contributed by atoms with Crippen molar-refractivity contribution in [1.29, 1.82) is 0 Å². The Morgan fingerprint density at radius 2 is 1.86 bits per heavy atom. The highest BCUT2D eigenvalue weighted by atomic mass is 35.5. The molecule has 0 saturated carbocycles. The standard InChI is InChI=1S/C19H24ClNO/c1-4-21(17-9-7-8-16(20)14-17)12-13-22-19-11-6-5-10-18(19)15(2)3/h5-11,14-15H,4,12-13H2,1-3H3. The first-order valence-corrected chi connectivity index (χ1v) is 8.22. The number of likely N-dealkylation sites (N-methyl/N-ethyl adjacent to an activating group) is 1. The Morgan fingerprint density at radius 3 is 2.55 bits per heavy atom. The molecule has 3 heteroatoms. The second kappa shape index (κ2) is 8.09. The molecule has 0 amide bonds. The van der Waals surface area contributed by atoms with Crippen molar-refractivity contribution in [2.45, 2.75) is 26.7 Å². The summed E-state index contributed by atoms with van der Waals surface area (Å²) in [6, 6.07) is 16.2. The van der Waals surface area contributed by atoms with Crippen LogP contribution in [0.25, 0.3) is 0 Å². The number of ether oxygens (including phenoxy) is 1. The average Bonchev–Trinajstić information content (AvgIpc) is 2.52. The third kappa shape index (κ3) is 4.41. The number of hydrogen-bond acceptors (Lipinski definition) is 2. The Labute approximate surface area is 138 Å². The Morgan fingerprint density at radius 1 is 1.09 bits per heavy atom. The largest absolute Gasteiger partial charge is 0.491 e. The number of para-hydroxylation sites is 1. The minimum atomic E-state index is 0.464. The number of anilines is 1. The van der Waals surface area contributed by atoms with Crippen LogP contribution >= 0.6 is 11.6 Å². The molecule has 0 aliphatic rings. The summed E-state index contributed by atoms with van der Waals surface area (Å²) in [6.07, 6.45) is 0. The van der Waals surface area contributed by atoms with E-state index in [9.17, 15) is 0 Å². The molecule has 2 nitrogen and oxygen atoms in total. The van der Waals surface area contributed by atoms with E-state index in [4.69, 9.17) is 16.3 Å². The SMILES string of the molecule is CCN(CCOc1ccccc1C(C)C)c1cccc(Cl)c1. The molecule has 0 saturated heterocycles. The van der Waals surface area contributed by atoms with Crippen LogP contribution in [-0.4, -0.2) is 19.7 Å². The number of benzene rings is 2. The van der Waals surface area contributed by atoms with Crippen molar-refractivity contribution in [3.05, 3.63) is 59.1 Å². The van der Waals surface area contributed by atoms with Crippen molar-refractivity contribution < 1.29 is 4.74 Å². The van der Waals surface area contributed by atoms with Crippen molar-refractivity contribution in [2.75, 3.05) is 24.6 Å². The molecule has 0 spiro atoms. The van der Waals surface area contributed by atoms with Gasteiger partial charge < -0.3 is 9.64 Å². The van der Waals surface area contributed by atoms with Gasteiger partial charge in [-0.2, -0.15) is 0 Å². The van der Waals surface area contributed by atoms with Gasteiger partial charge in [-0.15, -0.1) is 0 Å². The van der Waals surface area contributed by atoms with Crippen molar-refractivity contribution >= 4 is 17.3 Å². The first kappa shape index (κ1) is 16.7. The predicted octanol–water partition coefficient (Wildman–Crippen LogP) is 5.37. The summed E-state index contributed by atoms with van der Waals surface area (Å²) >= 11 is 6.07. The van der Waals surface area contributed by atoms with E-state index in [0.29, 0.717) is 12.5 Å². The number of halogens is 1. The minimum Gasteiger partial charge on any atom is -0.491 e. The molecule has 0 aliphatic heterocycles. The Bertz CT molecular complexity index is 597. The molecule has 0 heterocycles. The van der Waals surface area contributed by atoms with Gasteiger partial charge in [0.25, 0.3) is 0 Å². The summed E-state index contributed by atoms with van der Waals surface area (Å²) in [6.45, 7) is 8.94. The van der Waals surface area contributed by atoms with Crippen LogP contribution in [0.3, 0.4) is 0 Å². The fourth-order valence-electron chi connectivity index (χ4n) is 2.50. The van der Waals surface area contributed by atoms with Crippen LogP contribution in [0.5, 0.6) is 5.75 Å². The van der Waals surface area contributed by atoms with E-state index in [0.717, 1.165) is 29.5 Å². The second-order valence-electron chi connectivity index (χ2n) is 5.60. The first-order valence-electron chi connectivity index (χ1n) is 7.84. The predicted molar refractivity (Wildman–Crippen MR) is 95.4 cm³/mol. The van der Waals surface area contributed by atoms with Crippen LogP contribution in [0.15, 0.2) is 48.5 Å². The summed E-state index contributed by atoms with van der Waals surface area (Å²) in [5.74, 6) is 1.45. The lowest BCUT2D eigenvalue weighted by Gasteiger charge is -2.24. The normalized spacial score (nSPS) is 10.8. The molecule has 2 aromatic rings. The molecule has 0 atom stereocenters. The average molecular weight is 318 g/mol. The molecule has 0 bridgehead atoms. The van der Waals surface area contributed by atoms with E-state index in [1.807, 2.05) is 30.3 Å². The lowest BCUT2D eigenvalue weighted by molar-refractivity contribution is 0.319. The molecule has 118 valence electrons. The Balaban J connectivity index is 1.98. The zero-order chi connectivity index (χ0) is 15.9. The van der Waals surface area contributed by atoms with Crippen molar-refractivity contribution in [1.82, 2.24) is 0 Å². The highest BCUT2D eigenvalue weighted by Gasteiger charge is 2.08. The highest BCUT2D eigenvalue weighted by Crippen LogP contribution is 2.26. The molecule has 0 aliphatic carbocycles. The number of rotatable bonds is 7. The molecular weight excluding hydrogens is 294 g/mol. The fraction of sp³-hybridized carbons (Fsp3) is 0.368. The highest BCUT2D eigenvalue weighted by molar-refractivity contribution is 6.30. The molecular formula is C19H24ClNO. The second-order valence-corrected chi connectivity index (χ2v) is 6.04. The quantitative estimate of drug-likeness (QED) is 0.680. The Kier molecular flexibility index (Phi) is 6.14. The zero-order valence-electron chi connectivity index (χ0n) is 13.6. The molecule has 22 heavy (non-hydrogen) atoms. The molecule has 2 aromatic carbocycles. The van der Waals surface area contributed by atoms with E-state index in [2.05, 4.69) is 43.9 Å². The molecule has 0 fully saturated rings. The summed E-state index contributed by atoms with van der Waals surface area (Å²) < 4.78 is 6.01. The minimum absolute atomic E-state index is 0.464. The number of hydrogen-bond donors (Lipinski definition) is 0. The van der Waals surface area contributed by atoms with Crippen LogP contribution in [-0.2, 0) is 0 Å². The maximum atomic E-state index is 6.07. The van der Waals surface area contributed by atoms with Gasteiger partial charge in [0.1, 0.15) is 12.4 Å². The van der Waals surface area contributed by atoms with Gasteiger partial charge in [-0.05, 0) is 42.7 Å². The van der Waals surface area contributed by atoms with Crippen LogP contribution in [0, 0.1) is 0 Å². The van der Waals surface area contributed by atoms with Gasteiger partial charge in [-0.25, -0.2) is 0 Å². The van der Waals surface area contributed by atoms with Gasteiger partial charge in [-0.3, -0.25) is 0 Å². The van der Waals surface area contributed by atoms with E-state index in [-0.39, 0.29) is 0 Å². The van der Waals surface area contributed by atoms with Crippen LogP contribution in [0.4, 0.5) is 5.69 Å². The molecule has 0 unspecified atom stereocenters. The molecule has 0 radical (unpaired) electrons. The van der Waals surface area contributed by atoms with Crippen LogP contribution < -0.4 is 9.64 Å². The van der Waals surface area contributed by atoms with Crippen LogP contribution in [0.2, 0.25) is 5.02 Å². The third-order valence-corrected chi connectivity index (χ3v) is 3.95. The van der Waals surface area contributed by atoms with Crippen molar-refractivity contribution in [3.63, 3.8) is 0 Å². The van der Waals surface area contributed by atoms with E-state index in [1.165, 1.54) is 5.56 Å². The monoisotopic (exact) mass is 317 g/mol. The van der Waals surface area contributed by atoms with Crippen LogP contribution in [0.1, 0.15) is 32.3 Å². The molecule has 0 N–H and O–H groups in total. The van der Waals surface area contributed by atoms with Gasteiger partial charge in [0.2, 0.25) is 0 Å². The summed E-state index contributed by atoms with van der Waals surface area (Å²) in [5.41, 5.74) is 2.39. The van der Waals surface area contributed by atoms with Gasteiger partial charge in [-0.1, -0.05) is 49.7 Å². The van der Waals surface area contributed by atoms with E-state index < -0.39 is 0 Å². The van der Waals surface area contributed by atoms with Crippen molar-refractivity contribution in [2.24, 2.45) is 0 Å². The molecule has 2 rings (SSSR count). The fourth-order valence-corrected chi connectivity index (χ4v) is 2.68. The summed E-state index contributed by atoms with van der Waals surface area (Å²) in [4.78, 5) is 2.27. The lowest BCUT2D eigenvalue weighted by Crippen LogP contribution is -2.28. The van der Waals surface area contributed by atoms with Crippen molar-refractivity contribution in [3.8, 4) is 5.75 Å². The van der Waals surface area contributed by atoms with Gasteiger partial charge in [0.05, 0.1) is 6.54 Å². The smallest absolute Gasteiger partial charge is 0.122 e. The topological polar surface area (TPSA) is 12.5 Å². The van der Waals surface area contributed by atoms with E-state index >= 15 is 0 Å². The summed E-state index contributed by atoms with van der Waals surface area (Å²) in [5, 5.41) is 0.766. The third-order valence-electron chi connectivity index (χ3n) is 3.71. The van der Waals surface area contributed by atoms with Gasteiger partial charge in [0.15, 0.2) is 0 Å². The van der Waals surface area contributed by atoms with E-state index in [1.54, 1.807) is 0 Å². The summed E-state index contributed by atoms with van der Waals surface area (Å²) in [7, 11) is 0. The Hall–Kier alpha value is -1.67. The maximum absolute atomic E-state index is 6.07. The maximum Gasteiger partial charge on any atom is 0.122 e. The molecule has 0 aromatic heterocycles. The number of nitrogens with zero attached hydrogens (tertiary/aromatic N) is 1. The van der Waals surface area contributed by atoms with Gasteiger partial charge >= 0.3 is 0 Å². The first-order chi connectivity index (χ1) is 10.6. The van der Waals surface area contributed by atoms with Gasteiger partial charge in [0, 0.05) is 17.3 Å². The zero-order valence-corrected chi connectivity index (χ0v) is 14.3. The lowest BCUT2D eigenvalue weighted by atomic mass is 10.0.